The minimum Gasteiger partial charge on any atom is -0.322 e. The average molecular weight is 268 g/mol. The topological polar surface area (TPSA) is 64.7 Å². The molecule has 0 saturated heterocycles. The Hall–Kier alpha value is -1.82. The van der Waals surface area contributed by atoms with Crippen LogP contribution in [-0.4, -0.2) is 25.5 Å². The summed E-state index contributed by atoms with van der Waals surface area (Å²) in [7, 11) is 1.81. The lowest BCUT2D eigenvalue weighted by molar-refractivity contribution is -0.116. The van der Waals surface area contributed by atoms with Gasteiger partial charge in [-0.1, -0.05) is 11.6 Å². The van der Waals surface area contributed by atoms with Gasteiger partial charge in [0.25, 0.3) is 0 Å². The number of hydrogen-bond donors (Lipinski definition) is 1. The molecule has 0 unspecified atom stereocenters. The molecule has 7 heteroatoms. The zero-order chi connectivity index (χ0) is 13.3. The molecule has 0 aliphatic heterocycles. The van der Waals surface area contributed by atoms with Crippen molar-refractivity contribution in [2.45, 2.75) is 20.4 Å². The van der Waals surface area contributed by atoms with Crippen LogP contribution in [0.25, 0.3) is 0 Å². The summed E-state index contributed by atoms with van der Waals surface area (Å²) >= 11 is 5.87. The van der Waals surface area contributed by atoms with Crippen LogP contribution in [0.3, 0.4) is 0 Å². The van der Waals surface area contributed by atoms with Crippen LogP contribution < -0.4 is 5.32 Å². The summed E-state index contributed by atoms with van der Waals surface area (Å²) in [4.78, 5) is 11.9. The van der Waals surface area contributed by atoms with Crippen molar-refractivity contribution in [3.63, 3.8) is 0 Å². The van der Waals surface area contributed by atoms with Crippen molar-refractivity contribution >= 4 is 23.2 Å². The molecule has 2 heterocycles. The van der Waals surface area contributed by atoms with E-state index in [9.17, 15) is 4.79 Å². The Labute approximate surface area is 110 Å². The second kappa shape index (κ2) is 4.81. The first kappa shape index (κ1) is 12.6. The molecule has 2 aromatic rings. The van der Waals surface area contributed by atoms with Crippen molar-refractivity contribution < 1.29 is 4.79 Å². The fourth-order valence-corrected chi connectivity index (χ4v) is 1.77. The molecule has 0 aromatic carbocycles. The van der Waals surface area contributed by atoms with Crippen LogP contribution in [0, 0.1) is 13.8 Å². The smallest absolute Gasteiger partial charge is 0.246 e. The van der Waals surface area contributed by atoms with Gasteiger partial charge in [-0.05, 0) is 13.8 Å². The SMILES string of the molecule is Cc1nn(C)cc1NC(=O)Cn1ncc(Cl)c1C. The molecule has 0 fully saturated rings. The van der Waals surface area contributed by atoms with Gasteiger partial charge in [-0.3, -0.25) is 14.2 Å². The zero-order valence-electron chi connectivity index (χ0n) is 10.4. The summed E-state index contributed by atoms with van der Waals surface area (Å²) in [6.07, 6.45) is 3.29. The quantitative estimate of drug-likeness (QED) is 0.917. The number of aromatic nitrogens is 4. The van der Waals surface area contributed by atoms with Gasteiger partial charge in [0.1, 0.15) is 6.54 Å². The first-order chi connectivity index (χ1) is 8.47. The van der Waals surface area contributed by atoms with E-state index in [-0.39, 0.29) is 12.5 Å². The Kier molecular flexibility index (Phi) is 3.38. The molecule has 0 aliphatic carbocycles. The second-order valence-corrected chi connectivity index (χ2v) is 4.49. The van der Waals surface area contributed by atoms with E-state index in [0.717, 1.165) is 11.4 Å². The Morgan fingerprint density at radius 3 is 2.72 bits per heavy atom. The van der Waals surface area contributed by atoms with Crippen LogP contribution in [0.4, 0.5) is 5.69 Å². The highest BCUT2D eigenvalue weighted by atomic mass is 35.5. The number of amides is 1. The maximum Gasteiger partial charge on any atom is 0.246 e. The van der Waals surface area contributed by atoms with E-state index in [1.165, 1.54) is 6.20 Å². The number of hydrogen-bond acceptors (Lipinski definition) is 3. The van der Waals surface area contributed by atoms with Crippen molar-refractivity contribution in [1.29, 1.82) is 0 Å². The van der Waals surface area contributed by atoms with Crippen LogP contribution in [0.2, 0.25) is 5.02 Å². The van der Waals surface area contributed by atoms with Gasteiger partial charge in [-0.15, -0.1) is 0 Å². The van der Waals surface area contributed by atoms with Crippen molar-refractivity contribution in [3.8, 4) is 0 Å². The lowest BCUT2D eigenvalue weighted by Gasteiger charge is -2.05. The highest BCUT2D eigenvalue weighted by Gasteiger charge is 2.11. The highest BCUT2D eigenvalue weighted by molar-refractivity contribution is 6.31. The van der Waals surface area contributed by atoms with E-state index in [1.54, 1.807) is 22.6 Å². The zero-order valence-corrected chi connectivity index (χ0v) is 11.2. The van der Waals surface area contributed by atoms with Gasteiger partial charge in [0.2, 0.25) is 5.91 Å². The van der Waals surface area contributed by atoms with Gasteiger partial charge >= 0.3 is 0 Å². The van der Waals surface area contributed by atoms with E-state index in [4.69, 9.17) is 11.6 Å². The van der Waals surface area contributed by atoms with Gasteiger partial charge in [-0.25, -0.2) is 0 Å². The van der Waals surface area contributed by atoms with Crippen molar-refractivity contribution in [2.24, 2.45) is 7.05 Å². The maximum absolute atomic E-state index is 11.9. The average Bonchev–Trinajstić information content (AvgIpc) is 2.76. The third-order valence-corrected chi connectivity index (χ3v) is 3.00. The molecule has 0 atom stereocenters. The van der Waals surface area contributed by atoms with Gasteiger partial charge in [0.15, 0.2) is 0 Å². The van der Waals surface area contributed by atoms with Gasteiger partial charge in [0.05, 0.1) is 28.3 Å². The fourth-order valence-electron chi connectivity index (χ4n) is 1.63. The number of nitrogens with one attached hydrogen (secondary N) is 1. The number of nitrogens with zero attached hydrogens (tertiary/aromatic N) is 4. The van der Waals surface area contributed by atoms with Crippen LogP contribution in [-0.2, 0) is 18.4 Å². The lowest BCUT2D eigenvalue weighted by Crippen LogP contribution is -2.20. The predicted octanol–water partition coefficient (Wildman–Crippen LogP) is 1.53. The molecule has 18 heavy (non-hydrogen) atoms. The lowest BCUT2D eigenvalue weighted by atomic mass is 10.4. The number of carbonyl (C=O) groups excluding carboxylic acids is 1. The van der Waals surface area contributed by atoms with Crippen molar-refractivity contribution in [3.05, 3.63) is 28.8 Å². The molecule has 0 aliphatic rings. The molecule has 96 valence electrons. The van der Waals surface area contributed by atoms with Gasteiger partial charge in [0, 0.05) is 13.2 Å². The first-order valence-corrected chi connectivity index (χ1v) is 5.83. The van der Waals surface area contributed by atoms with E-state index in [0.29, 0.717) is 10.7 Å². The number of anilines is 1. The summed E-state index contributed by atoms with van der Waals surface area (Å²) < 4.78 is 3.21. The third-order valence-electron chi connectivity index (χ3n) is 2.62. The summed E-state index contributed by atoms with van der Waals surface area (Å²) in [5.41, 5.74) is 2.26. The maximum atomic E-state index is 11.9. The standard InChI is InChI=1S/C11H14ClN5O/c1-7-10(5-16(3)15-7)14-11(18)6-17-8(2)9(12)4-13-17/h4-5H,6H2,1-3H3,(H,14,18). The Bertz CT molecular complexity index is 580. The van der Waals surface area contributed by atoms with Crippen molar-refractivity contribution in [1.82, 2.24) is 19.6 Å². The fraction of sp³-hybridized carbons (Fsp3) is 0.364. The molecule has 0 radical (unpaired) electrons. The Balaban J connectivity index is 2.05. The third kappa shape index (κ3) is 2.53. The van der Waals surface area contributed by atoms with Gasteiger partial charge in [-0.2, -0.15) is 10.2 Å². The van der Waals surface area contributed by atoms with Crippen LogP contribution in [0.1, 0.15) is 11.4 Å². The summed E-state index contributed by atoms with van der Waals surface area (Å²) in [6, 6.07) is 0. The Morgan fingerprint density at radius 2 is 2.22 bits per heavy atom. The molecule has 1 amide bonds. The molecule has 0 spiro atoms. The van der Waals surface area contributed by atoms with Crippen LogP contribution >= 0.6 is 11.6 Å². The molecule has 0 bridgehead atoms. The first-order valence-electron chi connectivity index (χ1n) is 5.45. The molecule has 0 saturated carbocycles. The summed E-state index contributed by atoms with van der Waals surface area (Å²) in [5, 5.41) is 11.5. The number of carbonyl (C=O) groups is 1. The summed E-state index contributed by atoms with van der Waals surface area (Å²) in [5.74, 6) is -0.158. The van der Waals surface area contributed by atoms with Crippen molar-refractivity contribution in [2.75, 3.05) is 5.32 Å². The molecular formula is C11H14ClN5O. The number of halogens is 1. The minimum atomic E-state index is -0.158. The number of rotatable bonds is 3. The second-order valence-electron chi connectivity index (χ2n) is 4.09. The normalized spacial score (nSPS) is 10.7. The molecule has 6 nitrogen and oxygen atoms in total. The largest absolute Gasteiger partial charge is 0.322 e. The molecule has 2 aromatic heterocycles. The monoisotopic (exact) mass is 267 g/mol. The Morgan fingerprint density at radius 1 is 1.50 bits per heavy atom. The van der Waals surface area contributed by atoms with E-state index in [1.807, 2.05) is 13.8 Å². The van der Waals surface area contributed by atoms with Gasteiger partial charge < -0.3 is 5.32 Å². The molecular weight excluding hydrogens is 254 g/mol. The molecule has 1 N–H and O–H groups in total. The van der Waals surface area contributed by atoms with Crippen LogP contribution in [0.5, 0.6) is 0 Å². The molecule has 2 rings (SSSR count). The predicted molar refractivity (Wildman–Crippen MR) is 68.5 cm³/mol. The highest BCUT2D eigenvalue weighted by Crippen LogP contribution is 2.14. The minimum absolute atomic E-state index is 0.132. The number of aryl methyl sites for hydroxylation is 2. The van der Waals surface area contributed by atoms with E-state index >= 15 is 0 Å². The van der Waals surface area contributed by atoms with Crippen LogP contribution in [0.15, 0.2) is 12.4 Å². The van der Waals surface area contributed by atoms with E-state index in [2.05, 4.69) is 15.5 Å². The summed E-state index contributed by atoms with van der Waals surface area (Å²) in [6.45, 7) is 3.79. The van der Waals surface area contributed by atoms with E-state index < -0.39 is 0 Å².